The number of rotatable bonds is 3. The van der Waals surface area contributed by atoms with Crippen LogP contribution in [0.25, 0.3) is 0 Å². The molecule has 1 aliphatic rings. The van der Waals surface area contributed by atoms with Gasteiger partial charge in [0, 0.05) is 0 Å². The lowest BCUT2D eigenvalue weighted by molar-refractivity contribution is -0.430. The zero-order chi connectivity index (χ0) is 17.4. The number of para-hydroxylation sites is 1. The summed E-state index contributed by atoms with van der Waals surface area (Å²) in [5, 5.41) is 0. The normalized spacial score (nSPS) is 17.5. The molecule has 0 bridgehead atoms. The van der Waals surface area contributed by atoms with Crippen molar-refractivity contribution < 1.29 is 4.58 Å². The fourth-order valence-electron chi connectivity index (χ4n) is 3.78. The van der Waals surface area contributed by atoms with Gasteiger partial charge in [-0.25, -0.2) is 9.48 Å². The maximum Gasteiger partial charge on any atom is 0.245 e. The van der Waals surface area contributed by atoms with Gasteiger partial charge >= 0.3 is 0 Å². The van der Waals surface area contributed by atoms with Gasteiger partial charge in [-0.1, -0.05) is 43.7 Å². The minimum atomic E-state index is 0.462. The summed E-state index contributed by atoms with van der Waals surface area (Å²) in [4.78, 5) is 2.42. The van der Waals surface area contributed by atoms with E-state index in [0.717, 1.165) is 11.0 Å². The van der Waals surface area contributed by atoms with Crippen LogP contribution >= 0.6 is 15.9 Å². The molecule has 2 nitrogen and oxygen atoms in total. The molecule has 0 N–H and O–H groups in total. The lowest BCUT2D eigenvalue weighted by Crippen LogP contribution is -2.36. The van der Waals surface area contributed by atoms with Crippen LogP contribution in [-0.2, 0) is 0 Å². The van der Waals surface area contributed by atoms with E-state index >= 15 is 0 Å². The summed E-state index contributed by atoms with van der Waals surface area (Å²) in [7, 11) is 0. The third-order valence-corrected chi connectivity index (χ3v) is 5.50. The van der Waals surface area contributed by atoms with Crippen molar-refractivity contribution in [2.45, 2.75) is 40.7 Å². The monoisotopic (exact) mass is 385 g/mol. The highest BCUT2D eigenvalue weighted by Crippen LogP contribution is 2.33. The molecule has 0 unspecified atom stereocenters. The highest BCUT2D eigenvalue weighted by Gasteiger charge is 2.37. The molecule has 2 aromatic carbocycles. The second kappa shape index (κ2) is 6.72. The van der Waals surface area contributed by atoms with Gasteiger partial charge in [0.25, 0.3) is 0 Å². The number of aryl methyl sites for hydroxylation is 3. The zero-order valence-electron chi connectivity index (χ0n) is 15.2. The minimum absolute atomic E-state index is 0.462. The number of hydrogen-bond acceptors (Lipinski definition) is 1. The molecule has 3 rings (SSSR count). The number of halogens is 1. The van der Waals surface area contributed by atoms with Crippen molar-refractivity contribution in [3.8, 4) is 0 Å². The van der Waals surface area contributed by atoms with Crippen molar-refractivity contribution in [3.63, 3.8) is 0 Å². The molecule has 0 aromatic heterocycles. The smallest absolute Gasteiger partial charge is 0.229 e. The molecule has 0 fully saturated rings. The molecule has 3 heteroatoms. The lowest BCUT2D eigenvalue weighted by atomic mass is 10.0. The maximum absolute atomic E-state index is 3.72. The van der Waals surface area contributed by atoms with Gasteiger partial charge in [-0.05, 0) is 65.9 Å². The SMILES string of the molecule is Cc1cc(C)c([N+]2=CN(c3ccccc3Br)[C@@H](C(C)C)C2)c(C)c1. The Morgan fingerprint density at radius 2 is 1.71 bits per heavy atom. The van der Waals surface area contributed by atoms with Crippen LogP contribution in [0.15, 0.2) is 40.9 Å². The van der Waals surface area contributed by atoms with Crippen molar-refractivity contribution in [2.24, 2.45) is 5.92 Å². The molecule has 2 aromatic rings. The predicted molar refractivity (Wildman–Crippen MR) is 107 cm³/mol. The Hall–Kier alpha value is -1.61. The molecule has 1 heterocycles. The zero-order valence-corrected chi connectivity index (χ0v) is 16.8. The molecule has 0 radical (unpaired) electrons. The molecule has 0 saturated heterocycles. The van der Waals surface area contributed by atoms with Crippen molar-refractivity contribution >= 4 is 33.6 Å². The first kappa shape index (κ1) is 17.2. The van der Waals surface area contributed by atoms with Crippen LogP contribution in [0.5, 0.6) is 0 Å². The third kappa shape index (κ3) is 3.14. The van der Waals surface area contributed by atoms with Gasteiger partial charge in [-0.15, -0.1) is 0 Å². The first-order chi connectivity index (χ1) is 11.4. The topological polar surface area (TPSA) is 6.25 Å². The predicted octanol–water partition coefficient (Wildman–Crippen LogP) is 5.59. The van der Waals surface area contributed by atoms with Crippen LogP contribution in [0.2, 0.25) is 0 Å². The van der Waals surface area contributed by atoms with Gasteiger partial charge in [0.05, 0.1) is 4.47 Å². The molecule has 0 aliphatic carbocycles. The number of hydrogen-bond donors (Lipinski definition) is 0. The summed E-state index contributed by atoms with van der Waals surface area (Å²) in [5.74, 6) is 0.574. The Bertz CT molecular complexity index is 769. The summed E-state index contributed by atoms with van der Waals surface area (Å²) in [5.41, 5.74) is 6.61. The van der Waals surface area contributed by atoms with E-state index in [0.29, 0.717) is 12.0 Å². The lowest BCUT2D eigenvalue weighted by Gasteiger charge is -2.21. The molecule has 126 valence electrons. The van der Waals surface area contributed by atoms with Crippen LogP contribution in [0.4, 0.5) is 11.4 Å². The fourth-order valence-corrected chi connectivity index (χ4v) is 4.27. The first-order valence-electron chi connectivity index (χ1n) is 8.61. The fraction of sp³-hybridized carbons (Fsp3) is 0.381. The average molecular weight is 386 g/mol. The minimum Gasteiger partial charge on any atom is -0.229 e. The van der Waals surface area contributed by atoms with Crippen molar-refractivity contribution in [3.05, 3.63) is 57.6 Å². The highest BCUT2D eigenvalue weighted by atomic mass is 79.9. The molecular weight excluding hydrogens is 360 g/mol. The van der Waals surface area contributed by atoms with E-state index < -0.39 is 0 Å². The van der Waals surface area contributed by atoms with E-state index in [1.54, 1.807) is 0 Å². The quantitative estimate of drug-likeness (QED) is 0.623. The summed E-state index contributed by atoms with van der Waals surface area (Å²) in [6.45, 7) is 12.2. The Morgan fingerprint density at radius 3 is 2.29 bits per heavy atom. The van der Waals surface area contributed by atoms with E-state index in [4.69, 9.17) is 0 Å². The van der Waals surface area contributed by atoms with E-state index in [-0.39, 0.29) is 0 Å². The molecule has 0 amide bonds. The number of nitrogens with zero attached hydrogens (tertiary/aromatic N) is 2. The van der Waals surface area contributed by atoms with Crippen LogP contribution < -0.4 is 4.90 Å². The Morgan fingerprint density at radius 1 is 1.08 bits per heavy atom. The maximum atomic E-state index is 3.72. The Balaban J connectivity index is 2.08. The van der Waals surface area contributed by atoms with Crippen molar-refractivity contribution in [2.75, 3.05) is 11.4 Å². The van der Waals surface area contributed by atoms with Gasteiger partial charge in [0.1, 0.15) is 24.0 Å². The molecule has 0 spiro atoms. The second-order valence-corrected chi connectivity index (χ2v) is 8.04. The first-order valence-corrected chi connectivity index (χ1v) is 9.40. The summed E-state index contributed by atoms with van der Waals surface area (Å²) >= 11 is 3.72. The van der Waals surface area contributed by atoms with Gasteiger partial charge in [-0.3, -0.25) is 0 Å². The van der Waals surface area contributed by atoms with Crippen LogP contribution in [-0.4, -0.2) is 23.5 Å². The number of anilines is 1. The summed E-state index contributed by atoms with van der Waals surface area (Å²) < 4.78 is 3.57. The highest BCUT2D eigenvalue weighted by molar-refractivity contribution is 9.10. The van der Waals surface area contributed by atoms with Crippen molar-refractivity contribution in [1.82, 2.24) is 0 Å². The molecule has 24 heavy (non-hydrogen) atoms. The average Bonchev–Trinajstić information content (AvgIpc) is 2.91. The Kier molecular flexibility index (Phi) is 4.82. The summed E-state index contributed by atoms with van der Waals surface area (Å²) in [6.07, 6.45) is 2.29. The standard InChI is InChI=1S/C21H26BrN2/c1-14(2)20-12-23(21-16(4)10-15(3)11-17(21)5)13-24(20)19-9-7-6-8-18(19)22/h6-11,13-14,20H,12H2,1-5H3/q+1/t20-/m1/s1. The Labute approximate surface area is 153 Å². The third-order valence-electron chi connectivity index (χ3n) is 4.83. The van der Waals surface area contributed by atoms with Crippen molar-refractivity contribution in [1.29, 1.82) is 0 Å². The van der Waals surface area contributed by atoms with E-state index in [2.05, 4.69) is 103 Å². The van der Waals surface area contributed by atoms with Crippen LogP contribution in [0.1, 0.15) is 30.5 Å². The van der Waals surface area contributed by atoms with Crippen LogP contribution in [0.3, 0.4) is 0 Å². The molecular formula is C21H26BrN2+. The molecule has 1 atom stereocenters. The van der Waals surface area contributed by atoms with Gasteiger partial charge < -0.3 is 0 Å². The summed E-state index contributed by atoms with van der Waals surface area (Å²) in [6, 6.07) is 13.5. The molecule has 0 saturated carbocycles. The van der Waals surface area contributed by atoms with Gasteiger partial charge in [0.15, 0.2) is 0 Å². The second-order valence-electron chi connectivity index (χ2n) is 7.19. The number of benzene rings is 2. The van der Waals surface area contributed by atoms with E-state index in [9.17, 15) is 0 Å². The molecule has 1 aliphatic heterocycles. The van der Waals surface area contributed by atoms with E-state index in [1.807, 2.05) is 0 Å². The van der Waals surface area contributed by atoms with Crippen LogP contribution in [0, 0.1) is 26.7 Å². The largest absolute Gasteiger partial charge is 0.245 e. The van der Waals surface area contributed by atoms with Gasteiger partial charge in [0.2, 0.25) is 6.34 Å². The van der Waals surface area contributed by atoms with Gasteiger partial charge in [-0.2, -0.15) is 0 Å². The van der Waals surface area contributed by atoms with E-state index in [1.165, 1.54) is 28.1 Å².